The molecule has 1 saturated carbocycles. The second kappa shape index (κ2) is 9.33. The van der Waals surface area contributed by atoms with Crippen molar-refractivity contribution in [1.82, 2.24) is 4.90 Å². The van der Waals surface area contributed by atoms with Crippen LogP contribution in [0.15, 0.2) is 54.6 Å². The number of anilines is 1. The van der Waals surface area contributed by atoms with Gasteiger partial charge in [0.15, 0.2) is 6.61 Å². The number of ether oxygens (including phenoxy) is 1. The number of imide groups is 1. The van der Waals surface area contributed by atoms with Gasteiger partial charge in [-0.3, -0.25) is 14.4 Å². The Morgan fingerprint density at radius 2 is 1.68 bits per heavy atom. The quantitative estimate of drug-likeness (QED) is 0.666. The van der Waals surface area contributed by atoms with E-state index in [0.29, 0.717) is 11.4 Å². The summed E-state index contributed by atoms with van der Waals surface area (Å²) in [6.07, 6.45) is 4.88. The molecular weight excluding hydrogens is 392 g/mol. The molecule has 0 spiro atoms. The van der Waals surface area contributed by atoms with Crippen LogP contribution in [0.25, 0.3) is 0 Å². The van der Waals surface area contributed by atoms with Gasteiger partial charge in [0.2, 0.25) is 5.91 Å². The average Bonchev–Trinajstić information content (AvgIpc) is 3.08. The second-order valence-corrected chi connectivity index (χ2v) is 8.32. The summed E-state index contributed by atoms with van der Waals surface area (Å²) in [5.41, 5.74) is 1.61. The van der Waals surface area contributed by atoms with Gasteiger partial charge in [0.1, 0.15) is 11.8 Å². The Labute approximate surface area is 182 Å². The average molecular weight is 421 g/mol. The third kappa shape index (κ3) is 4.63. The van der Waals surface area contributed by atoms with E-state index in [-0.39, 0.29) is 36.8 Å². The van der Waals surface area contributed by atoms with Crippen molar-refractivity contribution < 1.29 is 19.1 Å². The molecule has 2 aliphatic rings. The zero-order chi connectivity index (χ0) is 21.8. The van der Waals surface area contributed by atoms with Gasteiger partial charge in [-0.25, -0.2) is 4.90 Å². The van der Waals surface area contributed by atoms with E-state index < -0.39 is 6.04 Å². The van der Waals surface area contributed by atoms with Gasteiger partial charge >= 0.3 is 0 Å². The molecule has 1 aliphatic carbocycles. The molecule has 2 aromatic carbocycles. The number of hydrogen-bond donors (Lipinski definition) is 0. The first kappa shape index (κ1) is 21.1. The van der Waals surface area contributed by atoms with Crippen LogP contribution in [0.1, 0.15) is 44.1 Å². The maximum atomic E-state index is 13.3. The SMILES string of the molecule is Cc1ccc(N2C(=O)CC(N(C(=O)COc3ccccc3)C3CCCCC3)C2=O)cc1. The van der Waals surface area contributed by atoms with Crippen LogP contribution in [0.5, 0.6) is 5.75 Å². The van der Waals surface area contributed by atoms with E-state index in [1.807, 2.05) is 37.3 Å². The Morgan fingerprint density at radius 1 is 1.00 bits per heavy atom. The zero-order valence-corrected chi connectivity index (χ0v) is 17.8. The van der Waals surface area contributed by atoms with Gasteiger partial charge in [-0.15, -0.1) is 0 Å². The Balaban J connectivity index is 1.55. The normalized spacial score (nSPS) is 19.5. The van der Waals surface area contributed by atoms with E-state index in [1.54, 1.807) is 29.2 Å². The highest BCUT2D eigenvalue weighted by molar-refractivity contribution is 6.23. The van der Waals surface area contributed by atoms with Gasteiger partial charge < -0.3 is 9.64 Å². The molecule has 0 bridgehead atoms. The zero-order valence-electron chi connectivity index (χ0n) is 17.8. The lowest BCUT2D eigenvalue weighted by molar-refractivity contribution is -0.143. The van der Waals surface area contributed by atoms with E-state index in [1.165, 1.54) is 4.90 Å². The molecule has 1 atom stereocenters. The summed E-state index contributed by atoms with van der Waals surface area (Å²) in [7, 11) is 0. The predicted molar refractivity (Wildman–Crippen MR) is 118 cm³/mol. The van der Waals surface area contributed by atoms with E-state index in [4.69, 9.17) is 4.74 Å². The summed E-state index contributed by atoms with van der Waals surface area (Å²) in [5.74, 6) is -0.230. The first-order chi connectivity index (χ1) is 15.0. The molecule has 162 valence electrons. The Morgan fingerprint density at radius 3 is 2.35 bits per heavy atom. The molecule has 1 unspecified atom stereocenters. The third-order valence-corrected chi connectivity index (χ3v) is 6.11. The van der Waals surface area contributed by atoms with Gasteiger partial charge in [-0.05, 0) is 44.0 Å². The minimum atomic E-state index is -0.774. The predicted octanol–water partition coefficient (Wildman–Crippen LogP) is 3.87. The van der Waals surface area contributed by atoms with E-state index in [9.17, 15) is 14.4 Å². The molecule has 6 heteroatoms. The monoisotopic (exact) mass is 420 g/mol. The number of nitrogens with zero attached hydrogens (tertiary/aromatic N) is 2. The lowest BCUT2D eigenvalue weighted by atomic mass is 9.92. The first-order valence-corrected chi connectivity index (χ1v) is 11.0. The van der Waals surface area contributed by atoms with Crippen molar-refractivity contribution >= 4 is 23.4 Å². The molecular formula is C25H28N2O4. The molecule has 1 aliphatic heterocycles. The molecule has 0 radical (unpaired) electrons. The minimum absolute atomic E-state index is 0.0142. The highest BCUT2D eigenvalue weighted by Crippen LogP contribution is 2.31. The van der Waals surface area contributed by atoms with E-state index in [2.05, 4.69) is 0 Å². The number of carbonyl (C=O) groups is 3. The van der Waals surface area contributed by atoms with Gasteiger partial charge in [0, 0.05) is 6.04 Å². The Kier molecular flexibility index (Phi) is 6.35. The fraction of sp³-hybridized carbons (Fsp3) is 0.400. The maximum absolute atomic E-state index is 13.3. The summed E-state index contributed by atoms with van der Waals surface area (Å²) >= 11 is 0. The van der Waals surface area contributed by atoms with E-state index in [0.717, 1.165) is 37.7 Å². The van der Waals surface area contributed by atoms with Crippen LogP contribution in [0.2, 0.25) is 0 Å². The molecule has 0 N–H and O–H groups in total. The summed E-state index contributed by atoms with van der Waals surface area (Å²) < 4.78 is 5.68. The Bertz CT molecular complexity index is 936. The molecule has 6 nitrogen and oxygen atoms in total. The van der Waals surface area contributed by atoms with Crippen molar-refractivity contribution in [2.24, 2.45) is 0 Å². The fourth-order valence-electron chi connectivity index (χ4n) is 4.53. The van der Waals surface area contributed by atoms with Crippen LogP contribution < -0.4 is 9.64 Å². The molecule has 1 saturated heterocycles. The standard InChI is InChI=1S/C25H28N2O4/c1-18-12-14-20(15-13-18)27-23(28)16-22(25(27)30)26(19-8-4-2-5-9-19)24(29)17-31-21-10-6-3-7-11-21/h3,6-7,10-15,19,22H,2,4-5,8-9,16-17H2,1H3. The molecule has 4 rings (SSSR count). The number of para-hydroxylation sites is 1. The molecule has 2 fully saturated rings. The number of rotatable bonds is 6. The summed E-state index contributed by atoms with van der Waals surface area (Å²) in [6.45, 7) is 1.80. The summed E-state index contributed by atoms with van der Waals surface area (Å²) in [4.78, 5) is 42.3. The summed E-state index contributed by atoms with van der Waals surface area (Å²) in [6, 6.07) is 15.6. The molecule has 0 aromatic heterocycles. The van der Waals surface area contributed by atoms with Crippen molar-refractivity contribution in [2.75, 3.05) is 11.5 Å². The Hall–Kier alpha value is -3.15. The lowest BCUT2D eigenvalue weighted by Gasteiger charge is -2.37. The minimum Gasteiger partial charge on any atom is -0.484 e. The number of aryl methyl sites for hydroxylation is 1. The van der Waals surface area contributed by atoms with Crippen molar-refractivity contribution in [3.05, 3.63) is 60.2 Å². The molecule has 2 aromatic rings. The fourth-order valence-corrected chi connectivity index (χ4v) is 4.53. The second-order valence-electron chi connectivity index (χ2n) is 8.32. The van der Waals surface area contributed by atoms with E-state index >= 15 is 0 Å². The van der Waals surface area contributed by atoms with Crippen molar-refractivity contribution in [3.63, 3.8) is 0 Å². The van der Waals surface area contributed by atoms with Crippen LogP contribution in [-0.4, -0.2) is 41.3 Å². The highest BCUT2D eigenvalue weighted by Gasteiger charge is 2.46. The summed E-state index contributed by atoms with van der Waals surface area (Å²) in [5, 5.41) is 0. The van der Waals surface area contributed by atoms with Gasteiger partial charge in [0.05, 0.1) is 12.1 Å². The maximum Gasteiger partial charge on any atom is 0.261 e. The number of benzene rings is 2. The van der Waals surface area contributed by atoms with Crippen LogP contribution in [0, 0.1) is 6.92 Å². The largest absolute Gasteiger partial charge is 0.484 e. The van der Waals surface area contributed by atoms with Gasteiger partial charge in [-0.1, -0.05) is 55.2 Å². The van der Waals surface area contributed by atoms with Crippen LogP contribution in [0.3, 0.4) is 0 Å². The first-order valence-electron chi connectivity index (χ1n) is 11.0. The van der Waals surface area contributed by atoms with Crippen molar-refractivity contribution in [2.45, 2.75) is 57.5 Å². The molecule has 3 amide bonds. The highest BCUT2D eigenvalue weighted by atomic mass is 16.5. The lowest BCUT2D eigenvalue weighted by Crippen LogP contribution is -2.52. The van der Waals surface area contributed by atoms with Crippen LogP contribution >= 0.6 is 0 Å². The van der Waals surface area contributed by atoms with Crippen LogP contribution in [0.4, 0.5) is 5.69 Å². The number of amides is 3. The molecule has 31 heavy (non-hydrogen) atoms. The third-order valence-electron chi connectivity index (χ3n) is 6.11. The topological polar surface area (TPSA) is 66.9 Å². The smallest absolute Gasteiger partial charge is 0.261 e. The van der Waals surface area contributed by atoms with Gasteiger partial charge in [0.25, 0.3) is 11.8 Å². The number of carbonyl (C=O) groups excluding carboxylic acids is 3. The van der Waals surface area contributed by atoms with Crippen molar-refractivity contribution in [1.29, 1.82) is 0 Å². The van der Waals surface area contributed by atoms with Crippen LogP contribution in [-0.2, 0) is 14.4 Å². The number of hydrogen-bond acceptors (Lipinski definition) is 4. The van der Waals surface area contributed by atoms with Gasteiger partial charge in [-0.2, -0.15) is 0 Å². The molecule has 1 heterocycles. The van der Waals surface area contributed by atoms with Crippen molar-refractivity contribution in [3.8, 4) is 5.75 Å².